The van der Waals surface area contributed by atoms with Crippen LogP contribution in [0.5, 0.6) is 0 Å². The van der Waals surface area contributed by atoms with Crippen LogP contribution in [0, 0.1) is 0 Å². The number of carbonyl (C=O) groups is 3. The Hall–Kier alpha value is -1.24. The predicted molar refractivity (Wildman–Crippen MR) is 135 cm³/mol. The third kappa shape index (κ3) is 10.3. The molecule has 1 fully saturated rings. The van der Waals surface area contributed by atoms with Gasteiger partial charge in [-0.2, -0.15) is 0 Å². The predicted octanol–water partition coefficient (Wildman–Crippen LogP) is 6.25. The van der Waals surface area contributed by atoms with Crippen LogP contribution in [0.4, 0.5) is 0 Å². The molecule has 0 N–H and O–H groups in total. The minimum atomic E-state index is -1.18. The molecule has 33 heavy (non-hydrogen) atoms. The summed E-state index contributed by atoms with van der Waals surface area (Å²) in [6.07, 6.45) is 16.5. The first-order valence-corrected chi connectivity index (χ1v) is 14.2. The Bertz CT molecular complexity index is 585. The van der Waals surface area contributed by atoms with Crippen LogP contribution in [0.15, 0.2) is 0 Å². The highest BCUT2D eigenvalue weighted by atomic mass is 32.2. The second-order valence-electron chi connectivity index (χ2n) is 9.04. The van der Waals surface area contributed by atoms with Crippen molar-refractivity contribution in [3.63, 3.8) is 0 Å². The summed E-state index contributed by atoms with van der Waals surface area (Å²) in [5.41, 5.74) is 0. The molecule has 0 aromatic heterocycles. The van der Waals surface area contributed by atoms with Gasteiger partial charge in [0.2, 0.25) is 5.91 Å². The molecular formula is C26H47NO5S. The molecule has 1 aliphatic heterocycles. The number of amides is 1. The van der Waals surface area contributed by atoms with Gasteiger partial charge < -0.3 is 14.4 Å². The molecule has 1 heterocycles. The van der Waals surface area contributed by atoms with Crippen molar-refractivity contribution in [3.05, 3.63) is 0 Å². The van der Waals surface area contributed by atoms with Crippen LogP contribution in [0.25, 0.3) is 0 Å². The number of hydrogen-bond donors (Lipinski definition) is 0. The number of esters is 2. The molecule has 2 atom stereocenters. The highest BCUT2D eigenvalue weighted by molar-refractivity contribution is 8.01. The van der Waals surface area contributed by atoms with E-state index in [2.05, 4.69) is 6.92 Å². The zero-order valence-corrected chi connectivity index (χ0v) is 22.3. The van der Waals surface area contributed by atoms with Crippen molar-refractivity contribution in [2.24, 2.45) is 0 Å². The van der Waals surface area contributed by atoms with E-state index in [0.717, 1.165) is 19.3 Å². The molecule has 0 radical (unpaired) electrons. The van der Waals surface area contributed by atoms with Gasteiger partial charge in [-0.15, -0.1) is 11.8 Å². The number of rotatable bonds is 18. The lowest BCUT2D eigenvalue weighted by molar-refractivity contribution is -0.163. The molecule has 1 saturated heterocycles. The van der Waals surface area contributed by atoms with Crippen LogP contribution in [-0.2, 0) is 23.9 Å². The first-order chi connectivity index (χ1) is 15.9. The first kappa shape index (κ1) is 29.8. The van der Waals surface area contributed by atoms with Crippen LogP contribution < -0.4 is 0 Å². The number of hydrogen-bond acceptors (Lipinski definition) is 6. The fraction of sp³-hybridized carbons (Fsp3) is 0.885. The fourth-order valence-electron chi connectivity index (χ4n) is 4.34. The molecule has 7 heteroatoms. The van der Waals surface area contributed by atoms with E-state index in [0.29, 0.717) is 12.2 Å². The number of nitrogens with zero attached hydrogens (tertiary/aromatic N) is 1. The van der Waals surface area contributed by atoms with Gasteiger partial charge in [-0.3, -0.25) is 4.79 Å². The van der Waals surface area contributed by atoms with E-state index in [1.165, 1.54) is 80.9 Å². The lowest BCUT2D eigenvalue weighted by Crippen LogP contribution is -2.55. The molecule has 1 rings (SSSR count). The summed E-state index contributed by atoms with van der Waals surface area (Å²) in [5.74, 6) is -0.743. The minimum Gasteiger partial charge on any atom is -0.464 e. The van der Waals surface area contributed by atoms with Gasteiger partial charge in [-0.05, 0) is 27.2 Å². The summed E-state index contributed by atoms with van der Waals surface area (Å²) < 4.78 is 10.4. The summed E-state index contributed by atoms with van der Waals surface area (Å²) in [6.45, 7) is 7.89. The monoisotopic (exact) mass is 485 g/mol. The average Bonchev–Trinajstić information content (AvgIpc) is 3.16. The van der Waals surface area contributed by atoms with Crippen molar-refractivity contribution in [1.82, 2.24) is 4.90 Å². The van der Waals surface area contributed by atoms with Gasteiger partial charge in [-0.1, -0.05) is 84.0 Å². The molecule has 1 aliphatic rings. The molecule has 0 aliphatic carbocycles. The van der Waals surface area contributed by atoms with Crippen molar-refractivity contribution in [2.45, 2.75) is 128 Å². The van der Waals surface area contributed by atoms with Crippen LogP contribution >= 0.6 is 11.8 Å². The number of ether oxygens (including phenoxy) is 2. The lowest BCUT2D eigenvalue weighted by Gasteiger charge is -2.34. The van der Waals surface area contributed by atoms with E-state index < -0.39 is 22.9 Å². The Morgan fingerprint density at radius 3 is 1.76 bits per heavy atom. The maximum atomic E-state index is 13.1. The summed E-state index contributed by atoms with van der Waals surface area (Å²) in [4.78, 5) is 38.4. The van der Waals surface area contributed by atoms with Crippen molar-refractivity contribution >= 4 is 29.6 Å². The molecule has 0 spiro atoms. The normalized spacial score (nSPS) is 20.1. The van der Waals surface area contributed by atoms with Gasteiger partial charge in [-0.25, -0.2) is 9.59 Å². The molecule has 0 aromatic carbocycles. The Kier molecular flexibility index (Phi) is 15.6. The summed E-state index contributed by atoms with van der Waals surface area (Å²) in [7, 11) is 0. The SMILES string of the molecule is CCCCCCCCCCCCCCCC(=O)N1C(C(=O)OCC)CSC1(C)C(=O)OCC. The van der Waals surface area contributed by atoms with Gasteiger partial charge in [0.1, 0.15) is 6.04 Å². The van der Waals surface area contributed by atoms with Gasteiger partial charge >= 0.3 is 11.9 Å². The molecule has 0 saturated carbocycles. The highest BCUT2D eigenvalue weighted by Crippen LogP contribution is 2.41. The molecule has 1 amide bonds. The third-order valence-corrected chi connectivity index (χ3v) is 7.68. The highest BCUT2D eigenvalue weighted by Gasteiger charge is 2.55. The van der Waals surface area contributed by atoms with E-state index >= 15 is 0 Å². The van der Waals surface area contributed by atoms with Crippen LogP contribution in [0.1, 0.15) is 118 Å². The number of carbonyl (C=O) groups excluding carboxylic acids is 3. The van der Waals surface area contributed by atoms with Gasteiger partial charge in [0, 0.05) is 12.2 Å². The van der Waals surface area contributed by atoms with Gasteiger partial charge in [0.05, 0.1) is 13.2 Å². The van der Waals surface area contributed by atoms with E-state index in [1.807, 2.05) is 0 Å². The Labute approximate surface area is 205 Å². The van der Waals surface area contributed by atoms with Crippen molar-refractivity contribution in [1.29, 1.82) is 0 Å². The quantitative estimate of drug-likeness (QED) is 0.169. The topological polar surface area (TPSA) is 72.9 Å². The molecule has 192 valence electrons. The van der Waals surface area contributed by atoms with Crippen LogP contribution in [0.2, 0.25) is 0 Å². The first-order valence-electron chi connectivity index (χ1n) is 13.2. The van der Waals surface area contributed by atoms with E-state index in [4.69, 9.17) is 9.47 Å². The van der Waals surface area contributed by atoms with Crippen LogP contribution in [0.3, 0.4) is 0 Å². The van der Waals surface area contributed by atoms with Crippen molar-refractivity contribution < 1.29 is 23.9 Å². The minimum absolute atomic E-state index is 0.170. The maximum absolute atomic E-state index is 13.1. The molecule has 0 bridgehead atoms. The number of thioether (sulfide) groups is 1. The summed E-state index contributed by atoms with van der Waals surface area (Å²) in [6, 6.07) is -0.737. The fourth-order valence-corrected chi connectivity index (χ4v) is 5.66. The van der Waals surface area contributed by atoms with E-state index in [1.54, 1.807) is 20.8 Å². The average molecular weight is 486 g/mol. The second-order valence-corrected chi connectivity index (χ2v) is 10.5. The van der Waals surface area contributed by atoms with Crippen molar-refractivity contribution in [2.75, 3.05) is 19.0 Å². The lowest BCUT2D eigenvalue weighted by atomic mass is 10.0. The Balaban J connectivity index is 2.36. The molecule has 2 unspecified atom stereocenters. The smallest absolute Gasteiger partial charge is 0.342 e. The van der Waals surface area contributed by atoms with Crippen molar-refractivity contribution in [3.8, 4) is 0 Å². The summed E-state index contributed by atoms with van der Waals surface area (Å²) >= 11 is 1.28. The summed E-state index contributed by atoms with van der Waals surface area (Å²) in [5, 5.41) is 0. The Morgan fingerprint density at radius 1 is 0.788 bits per heavy atom. The zero-order chi connectivity index (χ0) is 24.5. The van der Waals surface area contributed by atoms with Crippen LogP contribution in [-0.4, -0.2) is 52.6 Å². The second kappa shape index (κ2) is 17.2. The zero-order valence-electron chi connectivity index (χ0n) is 21.5. The standard InChI is InChI=1S/C26H47NO5S/c1-5-8-9-10-11-12-13-14-15-16-17-18-19-20-23(28)27-22(24(29)31-6-2)21-33-26(27,4)25(30)32-7-3/h22H,5-21H2,1-4H3. The number of unbranched alkanes of at least 4 members (excludes halogenated alkanes) is 12. The van der Waals surface area contributed by atoms with E-state index in [9.17, 15) is 14.4 Å². The molecule has 0 aromatic rings. The maximum Gasteiger partial charge on any atom is 0.342 e. The third-order valence-electron chi connectivity index (χ3n) is 6.27. The molecule has 6 nitrogen and oxygen atoms in total. The van der Waals surface area contributed by atoms with Gasteiger partial charge in [0.25, 0.3) is 0 Å². The van der Waals surface area contributed by atoms with E-state index in [-0.39, 0.29) is 19.1 Å². The largest absolute Gasteiger partial charge is 0.464 e. The van der Waals surface area contributed by atoms with Gasteiger partial charge in [0.15, 0.2) is 4.87 Å². The molecular weight excluding hydrogens is 438 g/mol. The Morgan fingerprint density at radius 2 is 1.27 bits per heavy atom.